The van der Waals surface area contributed by atoms with Crippen molar-refractivity contribution in [2.45, 2.75) is 70.7 Å². The topological polar surface area (TPSA) is 163 Å². The fraction of sp³-hybridized carbons (Fsp3) is 0.452. The minimum atomic E-state index is -1.09. The van der Waals surface area contributed by atoms with Gasteiger partial charge in [-0.25, -0.2) is 4.79 Å². The summed E-state index contributed by atoms with van der Waals surface area (Å²) in [4.78, 5) is 63.0. The summed E-state index contributed by atoms with van der Waals surface area (Å²) in [5.41, 5.74) is 1.44. The Bertz CT molecular complexity index is 1200. The molecule has 226 valence electrons. The van der Waals surface area contributed by atoms with Crippen LogP contribution in [0.4, 0.5) is 4.79 Å². The molecule has 1 fully saturated rings. The minimum Gasteiger partial charge on any atom is -0.508 e. The van der Waals surface area contributed by atoms with Crippen LogP contribution < -0.4 is 21.3 Å². The Morgan fingerprint density at radius 1 is 0.976 bits per heavy atom. The van der Waals surface area contributed by atoms with E-state index in [1.165, 1.54) is 12.1 Å². The van der Waals surface area contributed by atoms with Crippen LogP contribution in [0.1, 0.15) is 50.7 Å². The number of benzene rings is 2. The Morgan fingerprint density at radius 2 is 1.67 bits per heavy atom. The number of rotatable bonds is 15. The molecule has 2 unspecified atom stereocenters. The molecule has 0 radical (unpaired) electrons. The highest BCUT2D eigenvalue weighted by atomic mass is 16.5. The maximum atomic E-state index is 13.5. The van der Waals surface area contributed by atoms with Crippen LogP contribution in [-0.2, 0) is 36.9 Å². The van der Waals surface area contributed by atoms with Crippen molar-refractivity contribution in [2.24, 2.45) is 11.8 Å². The van der Waals surface area contributed by atoms with Crippen LogP contribution in [0.2, 0.25) is 0 Å². The summed E-state index contributed by atoms with van der Waals surface area (Å²) in [6.45, 7) is 4.41. The Hall–Kier alpha value is -4.41. The van der Waals surface area contributed by atoms with Gasteiger partial charge in [-0.05, 0) is 54.9 Å². The molecule has 4 amide bonds. The molecule has 1 aliphatic heterocycles. The van der Waals surface area contributed by atoms with Gasteiger partial charge in [-0.15, -0.1) is 0 Å². The van der Waals surface area contributed by atoms with Crippen molar-refractivity contribution in [3.05, 3.63) is 65.7 Å². The lowest BCUT2D eigenvalue weighted by molar-refractivity contribution is -0.131. The smallest absolute Gasteiger partial charge is 0.408 e. The maximum absolute atomic E-state index is 13.5. The van der Waals surface area contributed by atoms with Crippen LogP contribution in [0.15, 0.2) is 54.6 Å². The quantitative estimate of drug-likeness (QED) is 0.202. The number of alkyl carbamates (subject to hydrolysis) is 1. The first-order valence-corrected chi connectivity index (χ1v) is 14.2. The fourth-order valence-corrected chi connectivity index (χ4v) is 4.72. The molecule has 0 aliphatic carbocycles. The Balaban J connectivity index is 1.67. The molecular formula is C31H40N4O7. The van der Waals surface area contributed by atoms with Crippen molar-refractivity contribution in [1.29, 1.82) is 0 Å². The molecule has 1 saturated heterocycles. The van der Waals surface area contributed by atoms with Gasteiger partial charge in [-0.3, -0.25) is 14.4 Å². The molecule has 42 heavy (non-hydrogen) atoms. The molecular weight excluding hydrogens is 540 g/mol. The van der Waals surface area contributed by atoms with Crippen molar-refractivity contribution < 1.29 is 33.8 Å². The van der Waals surface area contributed by atoms with Crippen LogP contribution in [-0.4, -0.2) is 59.9 Å². The van der Waals surface area contributed by atoms with Crippen molar-refractivity contribution in [3.63, 3.8) is 0 Å². The molecule has 0 saturated carbocycles. The van der Waals surface area contributed by atoms with E-state index < -0.39 is 36.0 Å². The van der Waals surface area contributed by atoms with E-state index in [-0.39, 0.29) is 36.5 Å². The molecule has 1 heterocycles. The van der Waals surface area contributed by atoms with Crippen LogP contribution in [0, 0.1) is 11.8 Å². The van der Waals surface area contributed by atoms with Gasteiger partial charge in [-0.1, -0.05) is 56.3 Å². The van der Waals surface area contributed by atoms with E-state index in [1.807, 2.05) is 32.0 Å². The molecule has 5 N–H and O–H groups in total. The first-order valence-electron chi connectivity index (χ1n) is 14.2. The van der Waals surface area contributed by atoms with Gasteiger partial charge in [0.15, 0.2) is 0 Å². The molecule has 3 rings (SSSR count). The summed E-state index contributed by atoms with van der Waals surface area (Å²) in [5, 5.41) is 20.4. The average molecular weight is 581 g/mol. The van der Waals surface area contributed by atoms with E-state index >= 15 is 0 Å². The fourth-order valence-electron chi connectivity index (χ4n) is 4.72. The number of hydrogen-bond donors (Lipinski definition) is 5. The number of phenols is 1. The number of ether oxygens (including phenoxy) is 1. The van der Waals surface area contributed by atoms with Gasteiger partial charge < -0.3 is 35.9 Å². The predicted octanol–water partition coefficient (Wildman–Crippen LogP) is 2.36. The van der Waals surface area contributed by atoms with E-state index in [0.29, 0.717) is 44.1 Å². The van der Waals surface area contributed by atoms with Crippen LogP contribution in [0.25, 0.3) is 0 Å². The van der Waals surface area contributed by atoms with Gasteiger partial charge in [0.1, 0.15) is 30.7 Å². The van der Waals surface area contributed by atoms with Gasteiger partial charge in [0.2, 0.25) is 17.7 Å². The molecule has 1 aliphatic rings. The number of amides is 4. The summed E-state index contributed by atoms with van der Waals surface area (Å²) in [6, 6.07) is 12.4. The van der Waals surface area contributed by atoms with Crippen LogP contribution in [0.3, 0.4) is 0 Å². The third-order valence-corrected chi connectivity index (χ3v) is 7.02. The number of nitrogens with one attached hydrogen (secondary N) is 4. The predicted molar refractivity (Wildman–Crippen MR) is 155 cm³/mol. The van der Waals surface area contributed by atoms with Crippen molar-refractivity contribution in [3.8, 4) is 5.75 Å². The van der Waals surface area contributed by atoms with Crippen LogP contribution >= 0.6 is 0 Å². The van der Waals surface area contributed by atoms with E-state index in [2.05, 4.69) is 21.3 Å². The molecule has 2 aromatic carbocycles. The van der Waals surface area contributed by atoms with Gasteiger partial charge in [-0.2, -0.15) is 0 Å². The lowest BCUT2D eigenvalue weighted by atomic mass is 9.98. The Morgan fingerprint density at radius 3 is 2.29 bits per heavy atom. The van der Waals surface area contributed by atoms with Gasteiger partial charge in [0, 0.05) is 18.9 Å². The largest absolute Gasteiger partial charge is 0.508 e. The number of carbonyl (C=O) groups is 5. The van der Waals surface area contributed by atoms with Crippen molar-refractivity contribution in [1.82, 2.24) is 21.3 Å². The zero-order valence-corrected chi connectivity index (χ0v) is 24.0. The molecule has 11 nitrogen and oxygen atoms in total. The third-order valence-electron chi connectivity index (χ3n) is 7.02. The van der Waals surface area contributed by atoms with Gasteiger partial charge in [0.25, 0.3) is 0 Å². The minimum absolute atomic E-state index is 0.00814. The first-order chi connectivity index (χ1) is 20.1. The van der Waals surface area contributed by atoms with E-state index in [1.54, 1.807) is 24.3 Å². The van der Waals surface area contributed by atoms with Crippen molar-refractivity contribution >= 4 is 30.1 Å². The lowest BCUT2D eigenvalue weighted by Crippen LogP contribution is -2.56. The number of carbonyl (C=O) groups excluding carboxylic acids is 5. The summed E-state index contributed by atoms with van der Waals surface area (Å²) in [7, 11) is 0. The third kappa shape index (κ3) is 10.5. The SMILES string of the molecule is CC(C)C[C@H](NC(=O)C(Cc1ccc(O)cc1)NC(=O)OCc1ccccc1)C(=O)N[C@H](C=O)CCC1CCNC1=O. The van der Waals surface area contributed by atoms with E-state index in [9.17, 15) is 29.1 Å². The number of hydrogen-bond acceptors (Lipinski definition) is 7. The monoisotopic (exact) mass is 580 g/mol. The highest BCUT2D eigenvalue weighted by Crippen LogP contribution is 2.17. The second kappa shape index (κ2) is 16.1. The standard InChI is InChI=1S/C31H40N4O7/c1-20(2)16-26(29(39)33-24(18-36)11-10-23-14-15-32-28(23)38)34-30(40)27(17-21-8-12-25(37)13-9-21)35-31(41)42-19-22-6-4-3-5-7-22/h3-9,12-13,18,20,23-24,26-27,37H,10-11,14-17,19H2,1-2H3,(H,32,38)(H,33,39)(H,34,40)(H,35,41)/t23?,24-,26-,27?/m0/s1. The molecule has 2 aromatic rings. The average Bonchev–Trinajstić information content (AvgIpc) is 3.39. The molecule has 0 bridgehead atoms. The summed E-state index contributed by atoms with van der Waals surface area (Å²) in [6.07, 6.45) is 1.64. The zero-order chi connectivity index (χ0) is 30.5. The molecule has 0 spiro atoms. The van der Waals surface area contributed by atoms with E-state index in [0.717, 1.165) is 5.56 Å². The molecule has 11 heteroatoms. The first kappa shape index (κ1) is 32.1. The highest BCUT2D eigenvalue weighted by Gasteiger charge is 2.30. The second-order valence-corrected chi connectivity index (χ2v) is 10.9. The summed E-state index contributed by atoms with van der Waals surface area (Å²) < 4.78 is 5.31. The number of phenolic OH excluding ortho intramolecular Hbond substituents is 1. The number of aldehydes is 1. The van der Waals surface area contributed by atoms with Gasteiger partial charge >= 0.3 is 6.09 Å². The highest BCUT2D eigenvalue weighted by molar-refractivity contribution is 5.92. The normalized spacial score (nSPS) is 16.5. The van der Waals surface area contributed by atoms with E-state index in [4.69, 9.17) is 4.74 Å². The summed E-state index contributed by atoms with van der Waals surface area (Å²) in [5.74, 6) is -1.29. The lowest BCUT2D eigenvalue weighted by Gasteiger charge is -2.25. The molecule has 4 atom stereocenters. The molecule has 0 aromatic heterocycles. The van der Waals surface area contributed by atoms with Crippen LogP contribution in [0.5, 0.6) is 5.75 Å². The van der Waals surface area contributed by atoms with Gasteiger partial charge in [0.05, 0.1) is 6.04 Å². The Kier molecular flexibility index (Phi) is 12.3. The zero-order valence-electron chi connectivity index (χ0n) is 24.0. The maximum Gasteiger partial charge on any atom is 0.408 e. The second-order valence-electron chi connectivity index (χ2n) is 10.9. The Labute approximate surface area is 245 Å². The van der Waals surface area contributed by atoms with Crippen molar-refractivity contribution in [2.75, 3.05) is 6.54 Å². The summed E-state index contributed by atoms with van der Waals surface area (Å²) >= 11 is 0. The number of aromatic hydroxyl groups is 1.